The summed E-state index contributed by atoms with van der Waals surface area (Å²) in [5, 5.41) is 4.18. The molecule has 0 bridgehead atoms. The number of carbonyl (C=O) groups excluding carboxylic acids is 1. The van der Waals surface area contributed by atoms with Crippen molar-refractivity contribution < 1.29 is 4.79 Å². The van der Waals surface area contributed by atoms with Gasteiger partial charge in [-0.25, -0.2) is 5.43 Å². The van der Waals surface area contributed by atoms with Gasteiger partial charge in [0.05, 0.1) is 12.6 Å². The Morgan fingerprint density at radius 2 is 2.00 bits per heavy atom. The van der Waals surface area contributed by atoms with E-state index in [2.05, 4.69) is 62.3 Å². The minimum atomic E-state index is -0.108. The van der Waals surface area contributed by atoms with Gasteiger partial charge in [0.15, 0.2) is 0 Å². The molecule has 0 saturated carbocycles. The lowest BCUT2D eigenvalue weighted by Crippen LogP contribution is -2.45. The Morgan fingerprint density at radius 3 is 2.70 bits per heavy atom. The number of benzene rings is 2. The van der Waals surface area contributed by atoms with Crippen LogP contribution < -0.4 is 10.3 Å². The topological polar surface area (TPSA) is 44.7 Å². The highest BCUT2D eigenvalue weighted by Crippen LogP contribution is 2.43. The largest absolute Gasteiger partial charge is 0.369 e. The zero-order chi connectivity index (χ0) is 19.6. The summed E-state index contributed by atoms with van der Waals surface area (Å²) in [6.07, 6.45) is 3.20. The first kappa shape index (κ1) is 19.2. The van der Waals surface area contributed by atoms with Gasteiger partial charge in [-0.05, 0) is 67.5 Å². The van der Waals surface area contributed by atoms with Gasteiger partial charge >= 0.3 is 0 Å². The summed E-state index contributed by atoms with van der Waals surface area (Å²) in [6, 6.07) is 14.1. The summed E-state index contributed by atoms with van der Waals surface area (Å²) in [4.78, 5) is 14.4. The molecule has 0 aromatic heterocycles. The molecule has 1 aliphatic heterocycles. The number of amides is 1. The lowest BCUT2D eigenvalue weighted by atomic mass is 9.79. The van der Waals surface area contributed by atoms with Crippen molar-refractivity contribution in [3.05, 3.63) is 64.7 Å². The third-order valence-corrected chi connectivity index (χ3v) is 5.62. The lowest BCUT2D eigenvalue weighted by Gasteiger charge is -2.45. The first-order valence-electron chi connectivity index (χ1n) is 9.52. The number of nitrogens with zero attached hydrogens (tertiary/aromatic N) is 2. The van der Waals surface area contributed by atoms with Gasteiger partial charge in [-0.15, -0.1) is 0 Å². The summed E-state index contributed by atoms with van der Waals surface area (Å²) in [6.45, 7) is 8.96. The van der Waals surface area contributed by atoms with E-state index >= 15 is 0 Å². The Morgan fingerprint density at radius 1 is 1.30 bits per heavy atom. The zero-order valence-electron chi connectivity index (χ0n) is 16.9. The molecule has 1 aliphatic rings. The maximum absolute atomic E-state index is 12.1. The molecule has 142 valence electrons. The average Bonchev–Trinajstić information content (AvgIpc) is 2.61. The van der Waals surface area contributed by atoms with Crippen LogP contribution in [-0.2, 0) is 11.2 Å². The number of hydrogen-bond acceptors (Lipinski definition) is 3. The molecule has 2 aromatic rings. The first-order chi connectivity index (χ1) is 12.8. The maximum Gasteiger partial charge on any atom is 0.244 e. The van der Waals surface area contributed by atoms with Crippen LogP contribution in [0, 0.1) is 6.92 Å². The highest BCUT2D eigenvalue weighted by molar-refractivity contribution is 5.86. The van der Waals surface area contributed by atoms with Crippen LogP contribution in [0.2, 0.25) is 0 Å². The number of nitrogens with one attached hydrogen (secondary N) is 1. The summed E-state index contributed by atoms with van der Waals surface area (Å²) < 4.78 is 0. The Balaban J connectivity index is 1.73. The van der Waals surface area contributed by atoms with E-state index in [0.717, 1.165) is 23.1 Å². The molecule has 1 amide bonds. The van der Waals surface area contributed by atoms with Crippen molar-refractivity contribution in [1.29, 1.82) is 0 Å². The number of hydrogen-bond donors (Lipinski definition) is 1. The second kappa shape index (κ2) is 7.55. The maximum atomic E-state index is 12.1. The molecule has 1 atom stereocenters. The molecule has 3 rings (SSSR count). The predicted octanol–water partition coefficient (Wildman–Crippen LogP) is 4.41. The van der Waals surface area contributed by atoms with E-state index in [1.54, 1.807) is 6.21 Å². The van der Waals surface area contributed by atoms with Crippen molar-refractivity contribution in [3.8, 4) is 0 Å². The number of anilines is 1. The van der Waals surface area contributed by atoms with E-state index in [-0.39, 0.29) is 11.4 Å². The van der Waals surface area contributed by atoms with Gasteiger partial charge < -0.3 is 4.90 Å². The summed E-state index contributed by atoms with van der Waals surface area (Å²) in [7, 11) is 2.17. The van der Waals surface area contributed by atoms with E-state index in [1.807, 2.05) is 30.3 Å². The number of aryl methyl sites for hydroxylation is 1. The lowest BCUT2D eigenvalue weighted by molar-refractivity contribution is -0.120. The van der Waals surface area contributed by atoms with Gasteiger partial charge in [0.1, 0.15) is 0 Å². The van der Waals surface area contributed by atoms with Crippen molar-refractivity contribution in [2.75, 3.05) is 11.9 Å². The molecule has 0 spiro atoms. The molecule has 4 heteroatoms. The Bertz CT molecular complexity index is 855. The van der Waals surface area contributed by atoms with Crippen LogP contribution in [0.25, 0.3) is 0 Å². The van der Waals surface area contributed by atoms with Crippen LogP contribution in [0.3, 0.4) is 0 Å². The minimum absolute atomic E-state index is 0.108. The molecule has 0 aliphatic carbocycles. The number of carbonyl (C=O) groups is 1. The first-order valence-corrected chi connectivity index (χ1v) is 9.52. The molecule has 1 N–H and O–H groups in total. The molecular weight excluding hydrogens is 334 g/mol. The Kier molecular flexibility index (Phi) is 5.36. The van der Waals surface area contributed by atoms with Crippen LogP contribution in [-0.4, -0.2) is 24.7 Å². The van der Waals surface area contributed by atoms with E-state index < -0.39 is 0 Å². The predicted molar refractivity (Wildman–Crippen MR) is 113 cm³/mol. The highest BCUT2D eigenvalue weighted by atomic mass is 16.2. The average molecular weight is 364 g/mol. The standard InChI is InChI=1S/C23H29N3O/c1-16-11-21-20(17(2)14-23(3,4)26(21)5)13-19(16)15-24-25-22(27)12-18-9-7-6-8-10-18/h6-11,13,15,17H,12,14H2,1-5H3,(H,25,27)/b24-15-/t17-/m1/s1. The fourth-order valence-electron chi connectivity index (χ4n) is 3.87. The Labute approximate surface area is 162 Å². The number of rotatable bonds is 4. The van der Waals surface area contributed by atoms with Crippen molar-refractivity contribution >= 4 is 17.8 Å². The monoisotopic (exact) mass is 363 g/mol. The summed E-state index contributed by atoms with van der Waals surface area (Å²) >= 11 is 0. The van der Waals surface area contributed by atoms with Gasteiger partial charge in [-0.2, -0.15) is 5.10 Å². The minimum Gasteiger partial charge on any atom is -0.369 e. The summed E-state index contributed by atoms with van der Waals surface area (Å²) in [5.74, 6) is 0.384. The second-order valence-corrected chi connectivity index (χ2v) is 8.20. The zero-order valence-corrected chi connectivity index (χ0v) is 16.9. The number of hydrazone groups is 1. The quantitative estimate of drug-likeness (QED) is 0.646. The van der Waals surface area contributed by atoms with Gasteiger partial charge in [-0.3, -0.25) is 4.79 Å². The fourth-order valence-corrected chi connectivity index (χ4v) is 3.87. The SMILES string of the molecule is Cc1cc2c(cc1/C=N\NC(=O)Cc1ccccc1)[C@H](C)CC(C)(C)N2C. The van der Waals surface area contributed by atoms with Crippen molar-refractivity contribution in [1.82, 2.24) is 5.43 Å². The fraction of sp³-hybridized carbons (Fsp3) is 0.391. The van der Waals surface area contributed by atoms with Crippen LogP contribution >= 0.6 is 0 Å². The van der Waals surface area contributed by atoms with Gasteiger partial charge in [0.2, 0.25) is 5.91 Å². The van der Waals surface area contributed by atoms with E-state index in [4.69, 9.17) is 0 Å². The van der Waals surface area contributed by atoms with Crippen LogP contribution in [0.4, 0.5) is 5.69 Å². The molecule has 4 nitrogen and oxygen atoms in total. The van der Waals surface area contributed by atoms with Crippen molar-refractivity contribution in [2.24, 2.45) is 5.10 Å². The molecule has 0 saturated heterocycles. The van der Waals surface area contributed by atoms with Gasteiger partial charge in [0.25, 0.3) is 0 Å². The van der Waals surface area contributed by atoms with Gasteiger partial charge in [0, 0.05) is 18.3 Å². The molecule has 0 fully saturated rings. The third-order valence-electron chi connectivity index (χ3n) is 5.62. The van der Waals surface area contributed by atoms with E-state index in [9.17, 15) is 4.79 Å². The third kappa shape index (κ3) is 4.21. The smallest absolute Gasteiger partial charge is 0.244 e. The van der Waals surface area contributed by atoms with Crippen LogP contribution in [0.5, 0.6) is 0 Å². The number of fused-ring (bicyclic) bond motifs is 1. The molecule has 2 aromatic carbocycles. The van der Waals surface area contributed by atoms with E-state index in [1.165, 1.54) is 11.3 Å². The normalized spacial score (nSPS) is 18.4. The second-order valence-electron chi connectivity index (χ2n) is 8.20. The highest BCUT2D eigenvalue weighted by Gasteiger charge is 2.34. The van der Waals surface area contributed by atoms with Crippen molar-refractivity contribution in [2.45, 2.75) is 52.0 Å². The van der Waals surface area contributed by atoms with Gasteiger partial charge in [-0.1, -0.05) is 37.3 Å². The Hall–Kier alpha value is -2.62. The van der Waals surface area contributed by atoms with Crippen LogP contribution in [0.15, 0.2) is 47.6 Å². The molecule has 0 unspecified atom stereocenters. The van der Waals surface area contributed by atoms with Crippen LogP contribution in [0.1, 0.15) is 55.4 Å². The van der Waals surface area contributed by atoms with E-state index in [0.29, 0.717) is 12.3 Å². The molecule has 27 heavy (non-hydrogen) atoms. The molecule has 1 heterocycles. The summed E-state index contributed by atoms with van der Waals surface area (Å²) in [5.41, 5.74) is 8.62. The van der Waals surface area contributed by atoms with Crippen molar-refractivity contribution in [3.63, 3.8) is 0 Å². The molecule has 0 radical (unpaired) electrons. The molecular formula is C23H29N3O.